The Balaban J connectivity index is 2.10. The highest BCUT2D eigenvalue weighted by atomic mass is 16.7. The number of hydrogen-bond acceptors (Lipinski definition) is 4. The Morgan fingerprint density at radius 3 is 2.36 bits per heavy atom. The van der Waals surface area contributed by atoms with Gasteiger partial charge >= 0.3 is 0 Å². The number of methoxy groups -OCH3 is 1. The van der Waals surface area contributed by atoms with Gasteiger partial charge in [0.05, 0.1) is 0 Å². The van der Waals surface area contributed by atoms with Crippen LogP contribution in [0, 0.1) is 0 Å². The molecule has 4 nitrogen and oxygen atoms in total. The molecule has 1 saturated carbocycles. The number of ether oxygens (including phenoxy) is 2. The van der Waals surface area contributed by atoms with Crippen molar-refractivity contribution in [1.29, 1.82) is 0 Å². The molecule has 1 unspecified atom stereocenters. The molecule has 2 rings (SSSR count). The molecule has 0 aromatic rings. The van der Waals surface area contributed by atoms with Crippen molar-refractivity contribution >= 4 is 0 Å². The summed E-state index contributed by atoms with van der Waals surface area (Å²) in [6.45, 7) is 1.78. The lowest BCUT2D eigenvalue weighted by Crippen LogP contribution is -2.41. The van der Waals surface area contributed by atoms with Crippen LogP contribution in [-0.4, -0.2) is 18.7 Å². The van der Waals surface area contributed by atoms with E-state index in [2.05, 4.69) is 10.2 Å². The van der Waals surface area contributed by atoms with E-state index in [1.165, 1.54) is 6.42 Å². The Hall–Kier alpha value is -0.480. The summed E-state index contributed by atoms with van der Waals surface area (Å²) in [4.78, 5) is 0. The van der Waals surface area contributed by atoms with Crippen molar-refractivity contribution in [1.82, 2.24) is 0 Å². The van der Waals surface area contributed by atoms with Gasteiger partial charge in [-0.1, -0.05) is 0 Å². The van der Waals surface area contributed by atoms with E-state index in [0.29, 0.717) is 0 Å². The van der Waals surface area contributed by atoms with Gasteiger partial charge in [0.2, 0.25) is 0 Å². The average molecular weight is 156 g/mol. The van der Waals surface area contributed by atoms with Crippen LogP contribution in [-0.2, 0) is 9.47 Å². The predicted molar refractivity (Wildman–Crippen MR) is 37.9 cm³/mol. The fraction of sp³-hybridized carbons (Fsp3) is 1.00. The van der Waals surface area contributed by atoms with Crippen molar-refractivity contribution in [2.45, 2.75) is 37.8 Å². The zero-order chi connectivity index (χ0) is 7.95. The molecule has 62 valence electrons. The van der Waals surface area contributed by atoms with Crippen molar-refractivity contribution in [3.05, 3.63) is 0 Å². The van der Waals surface area contributed by atoms with Crippen LogP contribution in [0.2, 0.25) is 0 Å². The molecule has 0 bridgehead atoms. The highest BCUT2D eigenvalue weighted by Gasteiger charge is 2.49. The van der Waals surface area contributed by atoms with Gasteiger partial charge in [0, 0.05) is 14.0 Å². The zero-order valence-electron chi connectivity index (χ0n) is 6.83. The zero-order valence-corrected chi connectivity index (χ0v) is 6.83. The number of azo groups is 1. The topological polar surface area (TPSA) is 43.2 Å². The molecule has 1 spiro atoms. The first-order valence-corrected chi connectivity index (χ1v) is 3.87. The maximum atomic E-state index is 5.57. The minimum Gasteiger partial charge on any atom is -0.334 e. The van der Waals surface area contributed by atoms with Crippen molar-refractivity contribution in [3.63, 3.8) is 0 Å². The quantitative estimate of drug-likeness (QED) is 0.579. The van der Waals surface area contributed by atoms with E-state index in [0.717, 1.165) is 12.8 Å². The van der Waals surface area contributed by atoms with Gasteiger partial charge in [0.1, 0.15) is 0 Å². The summed E-state index contributed by atoms with van der Waals surface area (Å²) < 4.78 is 10.6. The summed E-state index contributed by atoms with van der Waals surface area (Å²) in [6, 6.07) is 0. The lowest BCUT2D eigenvalue weighted by Gasteiger charge is -2.35. The second kappa shape index (κ2) is 2.01. The standard InChI is InChI=1S/C7H12N2O2/c1-6(10-2)8-9-7(11-6)4-3-5-7/h3-5H2,1-2H3. The first kappa shape index (κ1) is 7.18. The van der Waals surface area contributed by atoms with E-state index in [1.54, 1.807) is 14.0 Å². The van der Waals surface area contributed by atoms with Gasteiger partial charge < -0.3 is 9.47 Å². The summed E-state index contributed by atoms with van der Waals surface area (Å²) >= 11 is 0. The van der Waals surface area contributed by atoms with Gasteiger partial charge in [0.25, 0.3) is 5.91 Å². The number of hydrogen-bond donors (Lipinski definition) is 0. The van der Waals surface area contributed by atoms with Crippen LogP contribution in [0.3, 0.4) is 0 Å². The second-order valence-corrected chi connectivity index (χ2v) is 3.20. The molecular weight excluding hydrogens is 144 g/mol. The normalized spacial score (nSPS) is 39.5. The van der Waals surface area contributed by atoms with Gasteiger partial charge in [-0.2, -0.15) is 5.11 Å². The molecule has 1 heterocycles. The Kier molecular flexibility index (Phi) is 1.32. The summed E-state index contributed by atoms with van der Waals surface area (Å²) in [6.07, 6.45) is 3.14. The molecular formula is C7H12N2O2. The van der Waals surface area contributed by atoms with Crippen molar-refractivity contribution in [2.75, 3.05) is 7.11 Å². The van der Waals surface area contributed by atoms with Crippen LogP contribution in [0.25, 0.3) is 0 Å². The first-order valence-electron chi connectivity index (χ1n) is 3.87. The van der Waals surface area contributed by atoms with Gasteiger partial charge in [0.15, 0.2) is 5.72 Å². The van der Waals surface area contributed by atoms with Crippen LogP contribution in [0.1, 0.15) is 26.2 Å². The Morgan fingerprint density at radius 1 is 1.36 bits per heavy atom. The third-order valence-electron chi connectivity index (χ3n) is 2.31. The summed E-state index contributed by atoms with van der Waals surface area (Å²) in [5.41, 5.74) is -0.315. The monoisotopic (exact) mass is 156 g/mol. The summed E-state index contributed by atoms with van der Waals surface area (Å²) in [5.74, 6) is -0.819. The first-order chi connectivity index (χ1) is 5.18. The van der Waals surface area contributed by atoms with Crippen molar-refractivity contribution < 1.29 is 9.47 Å². The fourth-order valence-electron chi connectivity index (χ4n) is 1.34. The van der Waals surface area contributed by atoms with E-state index in [9.17, 15) is 0 Å². The van der Waals surface area contributed by atoms with Crippen LogP contribution < -0.4 is 0 Å². The smallest absolute Gasteiger partial charge is 0.286 e. The molecule has 11 heavy (non-hydrogen) atoms. The third-order valence-corrected chi connectivity index (χ3v) is 2.31. The largest absolute Gasteiger partial charge is 0.334 e. The maximum Gasteiger partial charge on any atom is 0.286 e. The molecule has 1 fully saturated rings. The SMILES string of the molecule is COC1(C)N=NC2(CCC2)O1. The van der Waals surface area contributed by atoms with Crippen LogP contribution >= 0.6 is 0 Å². The molecule has 0 aromatic heterocycles. The minimum absolute atomic E-state index is 0.315. The van der Waals surface area contributed by atoms with Gasteiger partial charge in [-0.15, -0.1) is 5.11 Å². The third kappa shape index (κ3) is 0.973. The molecule has 0 N–H and O–H groups in total. The van der Waals surface area contributed by atoms with E-state index < -0.39 is 5.91 Å². The Morgan fingerprint density at radius 2 is 2.09 bits per heavy atom. The Bertz CT molecular complexity index is 189. The molecule has 1 aliphatic heterocycles. The van der Waals surface area contributed by atoms with Crippen LogP contribution in [0.15, 0.2) is 10.2 Å². The van der Waals surface area contributed by atoms with E-state index >= 15 is 0 Å². The molecule has 2 aliphatic rings. The molecule has 0 radical (unpaired) electrons. The lowest BCUT2D eigenvalue weighted by molar-refractivity contribution is -0.253. The number of rotatable bonds is 1. The molecule has 4 heteroatoms. The van der Waals surface area contributed by atoms with Crippen LogP contribution in [0.4, 0.5) is 0 Å². The fourth-order valence-corrected chi connectivity index (χ4v) is 1.34. The van der Waals surface area contributed by atoms with Gasteiger partial charge in [-0.05, 0) is 19.3 Å². The average Bonchev–Trinajstić information content (AvgIpc) is 2.29. The van der Waals surface area contributed by atoms with Gasteiger partial charge in [-0.25, -0.2) is 0 Å². The van der Waals surface area contributed by atoms with E-state index in [-0.39, 0.29) is 5.72 Å². The lowest BCUT2D eigenvalue weighted by atomic mass is 9.89. The summed E-state index contributed by atoms with van der Waals surface area (Å²) in [7, 11) is 1.58. The van der Waals surface area contributed by atoms with Gasteiger partial charge in [-0.3, -0.25) is 0 Å². The predicted octanol–water partition coefficient (Wildman–Crippen LogP) is 1.67. The summed E-state index contributed by atoms with van der Waals surface area (Å²) in [5, 5.41) is 8.02. The molecule has 1 atom stereocenters. The molecule has 0 amide bonds. The maximum absolute atomic E-state index is 5.57. The van der Waals surface area contributed by atoms with E-state index in [1.807, 2.05) is 0 Å². The number of nitrogens with zero attached hydrogens (tertiary/aromatic N) is 2. The highest BCUT2D eigenvalue weighted by molar-refractivity contribution is 4.91. The minimum atomic E-state index is -0.819. The highest BCUT2D eigenvalue weighted by Crippen LogP contribution is 2.45. The van der Waals surface area contributed by atoms with Crippen molar-refractivity contribution in [3.8, 4) is 0 Å². The molecule has 1 aliphatic carbocycles. The molecule has 0 saturated heterocycles. The molecule has 0 aromatic carbocycles. The Labute approximate surface area is 65.6 Å². The van der Waals surface area contributed by atoms with E-state index in [4.69, 9.17) is 9.47 Å². The second-order valence-electron chi connectivity index (χ2n) is 3.20. The van der Waals surface area contributed by atoms with Crippen LogP contribution in [0.5, 0.6) is 0 Å². The van der Waals surface area contributed by atoms with Crippen molar-refractivity contribution in [2.24, 2.45) is 10.2 Å².